The van der Waals surface area contributed by atoms with Gasteiger partial charge in [0.15, 0.2) is 0 Å². The van der Waals surface area contributed by atoms with Gasteiger partial charge in [0, 0.05) is 6.20 Å². The second kappa shape index (κ2) is 2.91. The van der Waals surface area contributed by atoms with Gasteiger partial charge in [0.25, 0.3) is 0 Å². The fourth-order valence-corrected chi connectivity index (χ4v) is 0.528. The van der Waals surface area contributed by atoms with E-state index in [1.807, 2.05) is 6.92 Å². The Morgan fingerprint density at radius 3 is 2.80 bits per heavy atom. The molecule has 52 valence electrons. The molecule has 0 aromatic carbocycles. The summed E-state index contributed by atoms with van der Waals surface area (Å²) in [7, 11) is 0. The summed E-state index contributed by atoms with van der Waals surface area (Å²) < 4.78 is 0. The fraction of sp³-hybridized carbons (Fsp3) is 0.167. The van der Waals surface area contributed by atoms with Crippen molar-refractivity contribution in [2.24, 2.45) is 5.16 Å². The van der Waals surface area contributed by atoms with Crippen LogP contribution in [0.15, 0.2) is 17.5 Å². The molecule has 0 fully saturated rings. The maximum absolute atomic E-state index is 8.09. The van der Waals surface area contributed by atoms with Crippen molar-refractivity contribution in [2.75, 3.05) is 0 Å². The van der Waals surface area contributed by atoms with Crippen LogP contribution in [0.1, 0.15) is 11.4 Å². The second-order valence-electron chi connectivity index (χ2n) is 1.83. The van der Waals surface area contributed by atoms with Crippen molar-refractivity contribution in [3.8, 4) is 0 Å². The Balaban J connectivity index is 2.89. The van der Waals surface area contributed by atoms with Crippen LogP contribution in [0.4, 0.5) is 0 Å². The van der Waals surface area contributed by atoms with Crippen LogP contribution in [0.25, 0.3) is 0 Å². The molecule has 0 atom stereocenters. The van der Waals surface area contributed by atoms with Crippen LogP contribution in [0.2, 0.25) is 0 Å². The molecule has 1 aromatic heterocycles. The standard InChI is InChI=1S/C6H7N3O/c1-5-2-8-6(3-7-5)4-9-10/h2-4,10H,1H3. The molecular formula is C6H7N3O. The van der Waals surface area contributed by atoms with Gasteiger partial charge in [-0.3, -0.25) is 9.97 Å². The average Bonchev–Trinajstić information content (AvgIpc) is 1.95. The zero-order valence-corrected chi connectivity index (χ0v) is 5.52. The van der Waals surface area contributed by atoms with Gasteiger partial charge < -0.3 is 5.21 Å². The summed E-state index contributed by atoms with van der Waals surface area (Å²) in [5.74, 6) is 0. The molecule has 0 unspecified atom stereocenters. The number of hydrogen-bond acceptors (Lipinski definition) is 4. The molecule has 0 aliphatic rings. The normalized spacial score (nSPS) is 10.5. The molecule has 1 heterocycles. The van der Waals surface area contributed by atoms with E-state index in [0.29, 0.717) is 5.69 Å². The van der Waals surface area contributed by atoms with Crippen LogP contribution in [0, 0.1) is 6.92 Å². The van der Waals surface area contributed by atoms with Gasteiger partial charge in [0.1, 0.15) is 5.69 Å². The van der Waals surface area contributed by atoms with Crippen LogP contribution in [0.5, 0.6) is 0 Å². The van der Waals surface area contributed by atoms with E-state index in [4.69, 9.17) is 5.21 Å². The molecular weight excluding hydrogens is 130 g/mol. The average molecular weight is 137 g/mol. The van der Waals surface area contributed by atoms with Gasteiger partial charge in [-0.15, -0.1) is 0 Å². The SMILES string of the molecule is Cc1cnc(C=NO)cn1. The maximum Gasteiger partial charge on any atom is 0.103 e. The first kappa shape index (κ1) is 6.67. The van der Waals surface area contributed by atoms with E-state index in [1.165, 1.54) is 12.4 Å². The lowest BCUT2D eigenvalue weighted by Gasteiger charge is -1.89. The summed E-state index contributed by atoms with van der Waals surface area (Å²) in [5.41, 5.74) is 1.39. The summed E-state index contributed by atoms with van der Waals surface area (Å²) in [6.45, 7) is 1.84. The summed E-state index contributed by atoms with van der Waals surface area (Å²) in [6.07, 6.45) is 4.37. The molecule has 0 bridgehead atoms. The van der Waals surface area contributed by atoms with Gasteiger partial charge in [0.2, 0.25) is 0 Å². The van der Waals surface area contributed by atoms with E-state index in [0.717, 1.165) is 5.69 Å². The van der Waals surface area contributed by atoms with E-state index in [-0.39, 0.29) is 0 Å². The highest BCUT2D eigenvalue weighted by atomic mass is 16.4. The monoisotopic (exact) mass is 137 g/mol. The highest BCUT2D eigenvalue weighted by Gasteiger charge is 1.87. The predicted molar refractivity (Wildman–Crippen MR) is 36.1 cm³/mol. The highest BCUT2D eigenvalue weighted by molar-refractivity contribution is 5.75. The number of oxime groups is 1. The van der Waals surface area contributed by atoms with Gasteiger partial charge in [-0.1, -0.05) is 5.16 Å². The minimum atomic E-state index is 0.549. The summed E-state index contributed by atoms with van der Waals surface area (Å²) in [5, 5.41) is 10.9. The highest BCUT2D eigenvalue weighted by Crippen LogP contribution is 1.89. The zero-order valence-electron chi connectivity index (χ0n) is 5.52. The topological polar surface area (TPSA) is 58.4 Å². The molecule has 0 aliphatic heterocycles. The minimum Gasteiger partial charge on any atom is -0.411 e. The van der Waals surface area contributed by atoms with Crippen molar-refractivity contribution in [1.29, 1.82) is 0 Å². The fourth-order valence-electron chi connectivity index (χ4n) is 0.528. The van der Waals surface area contributed by atoms with Crippen molar-refractivity contribution in [2.45, 2.75) is 6.92 Å². The minimum absolute atomic E-state index is 0.549. The Labute approximate surface area is 58.2 Å². The van der Waals surface area contributed by atoms with Crippen LogP contribution in [-0.2, 0) is 0 Å². The molecule has 0 aliphatic carbocycles. The molecule has 1 N–H and O–H groups in total. The number of nitrogens with zero attached hydrogens (tertiary/aromatic N) is 3. The predicted octanol–water partition coefficient (Wildman–Crippen LogP) is 0.593. The van der Waals surface area contributed by atoms with Crippen molar-refractivity contribution in [1.82, 2.24) is 9.97 Å². The molecule has 1 rings (SSSR count). The molecule has 0 radical (unpaired) electrons. The van der Waals surface area contributed by atoms with E-state index in [1.54, 1.807) is 6.20 Å². The maximum atomic E-state index is 8.09. The lowest BCUT2D eigenvalue weighted by molar-refractivity contribution is 0.321. The van der Waals surface area contributed by atoms with Gasteiger partial charge in [-0.2, -0.15) is 0 Å². The summed E-state index contributed by atoms with van der Waals surface area (Å²) in [6, 6.07) is 0. The first-order valence-electron chi connectivity index (χ1n) is 2.79. The lowest BCUT2D eigenvalue weighted by Crippen LogP contribution is -1.90. The second-order valence-corrected chi connectivity index (χ2v) is 1.83. The Morgan fingerprint density at radius 2 is 2.30 bits per heavy atom. The van der Waals surface area contributed by atoms with Crippen molar-refractivity contribution >= 4 is 6.21 Å². The smallest absolute Gasteiger partial charge is 0.103 e. The van der Waals surface area contributed by atoms with E-state index in [9.17, 15) is 0 Å². The molecule has 1 aromatic rings. The van der Waals surface area contributed by atoms with Gasteiger partial charge >= 0.3 is 0 Å². The third-order valence-electron chi connectivity index (χ3n) is 0.991. The van der Waals surface area contributed by atoms with Crippen LogP contribution >= 0.6 is 0 Å². The van der Waals surface area contributed by atoms with E-state index >= 15 is 0 Å². The molecule has 4 nitrogen and oxygen atoms in total. The van der Waals surface area contributed by atoms with Gasteiger partial charge in [0.05, 0.1) is 18.1 Å². The largest absolute Gasteiger partial charge is 0.411 e. The summed E-state index contributed by atoms with van der Waals surface area (Å²) in [4.78, 5) is 7.83. The first-order valence-corrected chi connectivity index (χ1v) is 2.79. The van der Waals surface area contributed by atoms with Crippen molar-refractivity contribution < 1.29 is 5.21 Å². The Hall–Kier alpha value is -1.45. The Kier molecular flexibility index (Phi) is 1.94. The van der Waals surface area contributed by atoms with Gasteiger partial charge in [-0.05, 0) is 6.92 Å². The molecule has 4 heteroatoms. The Bertz CT molecular complexity index is 229. The first-order chi connectivity index (χ1) is 4.83. The lowest BCUT2D eigenvalue weighted by atomic mass is 10.4. The van der Waals surface area contributed by atoms with Gasteiger partial charge in [-0.25, -0.2) is 0 Å². The van der Waals surface area contributed by atoms with Crippen LogP contribution in [-0.4, -0.2) is 21.4 Å². The molecule has 0 spiro atoms. The molecule has 0 saturated heterocycles. The number of rotatable bonds is 1. The quantitative estimate of drug-likeness (QED) is 0.350. The van der Waals surface area contributed by atoms with E-state index in [2.05, 4.69) is 15.1 Å². The number of aromatic nitrogens is 2. The number of aryl methyl sites for hydroxylation is 1. The van der Waals surface area contributed by atoms with Crippen LogP contribution < -0.4 is 0 Å². The van der Waals surface area contributed by atoms with Crippen molar-refractivity contribution in [3.63, 3.8) is 0 Å². The molecule has 0 saturated carbocycles. The summed E-state index contributed by atoms with van der Waals surface area (Å²) >= 11 is 0. The van der Waals surface area contributed by atoms with E-state index < -0.39 is 0 Å². The van der Waals surface area contributed by atoms with Crippen LogP contribution in [0.3, 0.4) is 0 Å². The number of hydrogen-bond donors (Lipinski definition) is 1. The Morgan fingerprint density at radius 1 is 1.50 bits per heavy atom. The molecule has 10 heavy (non-hydrogen) atoms. The third-order valence-corrected chi connectivity index (χ3v) is 0.991. The zero-order chi connectivity index (χ0) is 7.40. The van der Waals surface area contributed by atoms with Crippen molar-refractivity contribution in [3.05, 3.63) is 23.8 Å². The molecule has 0 amide bonds. The third kappa shape index (κ3) is 1.51.